The van der Waals surface area contributed by atoms with Gasteiger partial charge in [-0.25, -0.2) is 9.07 Å². The van der Waals surface area contributed by atoms with E-state index in [0.717, 1.165) is 24.3 Å². The third kappa shape index (κ3) is 1.69. The number of hydrogen-bond acceptors (Lipinski definition) is 2. The fraction of sp³-hybridized carbons (Fsp3) is 0.308. The smallest absolute Gasteiger partial charge is 0.126 e. The molecule has 0 fully saturated rings. The number of anilines is 1. The number of halogens is 1. The van der Waals surface area contributed by atoms with Crippen molar-refractivity contribution in [3.63, 3.8) is 0 Å². The number of benzene rings is 1. The van der Waals surface area contributed by atoms with E-state index in [0.29, 0.717) is 5.56 Å². The van der Waals surface area contributed by atoms with E-state index < -0.39 is 0 Å². The molecule has 0 saturated carbocycles. The first-order valence-electron chi connectivity index (χ1n) is 5.79. The van der Waals surface area contributed by atoms with Crippen molar-refractivity contribution in [2.75, 3.05) is 11.9 Å². The van der Waals surface area contributed by atoms with Crippen LogP contribution in [0.4, 0.5) is 10.2 Å². The fourth-order valence-electron chi connectivity index (χ4n) is 2.29. The van der Waals surface area contributed by atoms with Crippen LogP contribution in [0.2, 0.25) is 0 Å². The topological polar surface area (TPSA) is 29.9 Å². The molecule has 3 rings (SSSR count). The average molecular weight is 231 g/mol. The lowest BCUT2D eigenvalue weighted by Crippen LogP contribution is -2.24. The summed E-state index contributed by atoms with van der Waals surface area (Å²) < 4.78 is 15.5. The molecule has 88 valence electrons. The maximum Gasteiger partial charge on any atom is 0.126 e. The molecule has 3 nitrogen and oxygen atoms in total. The first-order valence-corrected chi connectivity index (χ1v) is 5.79. The molecular formula is C13H14FN3. The highest BCUT2D eigenvalue weighted by Crippen LogP contribution is 2.29. The summed E-state index contributed by atoms with van der Waals surface area (Å²) in [5.41, 5.74) is 1.67. The quantitative estimate of drug-likeness (QED) is 0.817. The Kier molecular flexibility index (Phi) is 2.35. The average Bonchev–Trinajstić information content (AvgIpc) is 2.80. The summed E-state index contributed by atoms with van der Waals surface area (Å²) >= 11 is 0. The van der Waals surface area contributed by atoms with Gasteiger partial charge >= 0.3 is 0 Å². The van der Waals surface area contributed by atoms with Crippen molar-refractivity contribution in [1.82, 2.24) is 9.78 Å². The maximum absolute atomic E-state index is 13.6. The van der Waals surface area contributed by atoms with E-state index in [1.165, 1.54) is 0 Å². The number of nitrogens with zero attached hydrogens (tertiary/aromatic N) is 2. The Labute approximate surface area is 99.3 Å². The molecule has 1 atom stereocenters. The Morgan fingerprint density at radius 1 is 1.41 bits per heavy atom. The molecule has 0 aliphatic carbocycles. The van der Waals surface area contributed by atoms with Crippen molar-refractivity contribution in [3.05, 3.63) is 47.4 Å². The molecule has 0 spiro atoms. The second kappa shape index (κ2) is 3.87. The van der Waals surface area contributed by atoms with Crippen LogP contribution in [0.15, 0.2) is 30.5 Å². The molecule has 1 aliphatic heterocycles. The van der Waals surface area contributed by atoms with Gasteiger partial charge in [0.1, 0.15) is 11.6 Å². The summed E-state index contributed by atoms with van der Waals surface area (Å²) in [5.74, 6) is 0.858. The molecule has 1 aromatic heterocycles. The lowest BCUT2D eigenvalue weighted by Gasteiger charge is -2.26. The van der Waals surface area contributed by atoms with Crippen molar-refractivity contribution in [2.45, 2.75) is 19.4 Å². The zero-order chi connectivity index (χ0) is 11.8. The van der Waals surface area contributed by atoms with Crippen molar-refractivity contribution in [2.24, 2.45) is 0 Å². The number of aryl methyl sites for hydroxylation is 1. The number of fused-ring (bicyclic) bond motifs is 1. The van der Waals surface area contributed by atoms with Gasteiger partial charge in [-0.3, -0.25) is 0 Å². The van der Waals surface area contributed by atoms with Gasteiger partial charge in [0.2, 0.25) is 0 Å². The minimum atomic E-state index is -0.144. The van der Waals surface area contributed by atoms with E-state index in [2.05, 4.69) is 10.4 Å². The van der Waals surface area contributed by atoms with Crippen LogP contribution in [0.25, 0.3) is 0 Å². The molecule has 0 saturated heterocycles. The van der Waals surface area contributed by atoms with Crippen LogP contribution in [-0.2, 0) is 0 Å². The molecule has 2 aromatic rings. The molecule has 1 aromatic carbocycles. The highest BCUT2D eigenvalue weighted by molar-refractivity contribution is 5.39. The highest BCUT2D eigenvalue weighted by atomic mass is 19.1. The number of rotatable bonds is 1. The molecule has 4 heteroatoms. The predicted octanol–water partition coefficient (Wildman–Crippen LogP) is 2.74. The summed E-state index contributed by atoms with van der Waals surface area (Å²) in [6, 6.07) is 7.51. The number of nitrogens with one attached hydrogen (secondary N) is 1. The van der Waals surface area contributed by atoms with Crippen molar-refractivity contribution < 1.29 is 4.39 Å². The van der Waals surface area contributed by atoms with Gasteiger partial charge in [-0.15, -0.1) is 0 Å². The molecule has 2 heterocycles. The van der Waals surface area contributed by atoms with Crippen LogP contribution in [0.1, 0.15) is 23.6 Å². The summed E-state index contributed by atoms with van der Waals surface area (Å²) in [6.45, 7) is 2.67. The first kappa shape index (κ1) is 10.3. The van der Waals surface area contributed by atoms with E-state index in [9.17, 15) is 4.39 Å². The Morgan fingerprint density at radius 2 is 2.29 bits per heavy atom. The van der Waals surface area contributed by atoms with Crippen LogP contribution in [0.5, 0.6) is 0 Å². The third-order valence-corrected chi connectivity index (χ3v) is 3.27. The second-order valence-corrected chi connectivity index (χ2v) is 4.40. The predicted molar refractivity (Wildman–Crippen MR) is 64.6 cm³/mol. The summed E-state index contributed by atoms with van der Waals surface area (Å²) in [6.07, 6.45) is 2.70. The maximum atomic E-state index is 13.6. The van der Waals surface area contributed by atoms with E-state index in [-0.39, 0.29) is 11.9 Å². The van der Waals surface area contributed by atoms with Gasteiger partial charge in [0.25, 0.3) is 0 Å². The molecule has 0 bridgehead atoms. The van der Waals surface area contributed by atoms with Crippen molar-refractivity contribution >= 4 is 5.82 Å². The minimum Gasteiger partial charge on any atom is -0.370 e. The zero-order valence-corrected chi connectivity index (χ0v) is 9.65. The van der Waals surface area contributed by atoms with Crippen LogP contribution in [0, 0.1) is 12.7 Å². The van der Waals surface area contributed by atoms with E-state index in [4.69, 9.17) is 0 Å². The number of hydrogen-bond donors (Lipinski definition) is 1. The molecule has 0 amide bonds. The van der Waals surface area contributed by atoms with Gasteiger partial charge in [-0.2, -0.15) is 5.10 Å². The van der Waals surface area contributed by atoms with Crippen LogP contribution in [0.3, 0.4) is 0 Å². The summed E-state index contributed by atoms with van der Waals surface area (Å²) in [7, 11) is 0. The molecule has 17 heavy (non-hydrogen) atoms. The second-order valence-electron chi connectivity index (χ2n) is 4.40. The van der Waals surface area contributed by atoms with Gasteiger partial charge < -0.3 is 5.32 Å². The van der Waals surface area contributed by atoms with Gasteiger partial charge in [-0.05, 0) is 30.5 Å². The Balaban J connectivity index is 2.03. The molecule has 1 aliphatic rings. The van der Waals surface area contributed by atoms with Crippen LogP contribution in [-0.4, -0.2) is 16.3 Å². The Hall–Kier alpha value is -1.84. The third-order valence-electron chi connectivity index (χ3n) is 3.27. The molecule has 1 N–H and O–H groups in total. The zero-order valence-electron chi connectivity index (χ0n) is 9.65. The SMILES string of the molecule is Cc1ccc(C2CCNc3ccnn32)cc1F. The number of aromatic nitrogens is 2. The van der Waals surface area contributed by atoms with Gasteiger partial charge in [0, 0.05) is 12.6 Å². The van der Waals surface area contributed by atoms with E-state index in [1.54, 1.807) is 19.2 Å². The largest absolute Gasteiger partial charge is 0.370 e. The summed E-state index contributed by atoms with van der Waals surface area (Å²) in [5, 5.41) is 7.57. The van der Waals surface area contributed by atoms with Crippen molar-refractivity contribution in [3.8, 4) is 0 Å². The Morgan fingerprint density at radius 3 is 3.12 bits per heavy atom. The molecule has 0 radical (unpaired) electrons. The minimum absolute atomic E-state index is 0.136. The fourth-order valence-corrected chi connectivity index (χ4v) is 2.29. The lowest BCUT2D eigenvalue weighted by molar-refractivity contribution is 0.478. The lowest BCUT2D eigenvalue weighted by atomic mass is 10.0. The molecular weight excluding hydrogens is 217 g/mol. The van der Waals surface area contributed by atoms with Crippen LogP contribution >= 0.6 is 0 Å². The van der Waals surface area contributed by atoms with E-state index >= 15 is 0 Å². The van der Waals surface area contributed by atoms with Crippen molar-refractivity contribution in [1.29, 1.82) is 0 Å². The standard InChI is InChI=1S/C13H14FN3/c1-9-2-3-10(8-11(9)14)12-4-6-15-13-5-7-16-17(12)13/h2-3,5,7-8,12,15H,4,6H2,1H3. The van der Waals surface area contributed by atoms with Gasteiger partial charge in [-0.1, -0.05) is 12.1 Å². The van der Waals surface area contributed by atoms with Crippen LogP contribution < -0.4 is 5.32 Å². The Bertz CT molecular complexity index is 547. The highest BCUT2D eigenvalue weighted by Gasteiger charge is 2.21. The van der Waals surface area contributed by atoms with Gasteiger partial charge in [0.15, 0.2) is 0 Å². The summed E-state index contributed by atoms with van der Waals surface area (Å²) in [4.78, 5) is 0. The monoisotopic (exact) mass is 231 g/mol. The normalized spacial score (nSPS) is 18.6. The first-order chi connectivity index (χ1) is 8.25. The molecule has 1 unspecified atom stereocenters. The van der Waals surface area contributed by atoms with E-state index in [1.807, 2.05) is 22.9 Å². The van der Waals surface area contributed by atoms with Gasteiger partial charge in [0.05, 0.1) is 12.2 Å².